The Morgan fingerprint density at radius 3 is 1.77 bits per heavy atom. The fourth-order valence-electron chi connectivity index (χ4n) is 0.702. The number of rotatable bonds is 2. The highest BCUT2D eigenvalue weighted by Gasteiger charge is 2.52. The standard InChI is InChI=1S/C7H9F3O3/c1-6(2,5(12)13-3)4(11)7(8,9)10/h1-3H3. The van der Waals surface area contributed by atoms with Gasteiger partial charge in [0.05, 0.1) is 7.11 Å². The molecule has 0 aromatic rings. The number of carbonyl (C=O) groups is 2. The van der Waals surface area contributed by atoms with E-state index in [1.165, 1.54) is 0 Å². The summed E-state index contributed by atoms with van der Waals surface area (Å²) in [6.07, 6.45) is -5.02. The Balaban J connectivity index is 4.85. The number of halogens is 3. The van der Waals surface area contributed by atoms with Crippen molar-refractivity contribution in [3.05, 3.63) is 0 Å². The molecule has 0 fully saturated rings. The molecular formula is C7H9F3O3. The molecule has 0 saturated heterocycles. The second kappa shape index (κ2) is 3.35. The van der Waals surface area contributed by atoms with Crippen LogP contribution in [0.5, 0.6) is 0 Å². The summed E-state index contributed by atoms with van der Waals surface area (Å²) >= 11 is 0. The van der Waals surface area contributed by atoms with Crippen LogP contribution in [0.1, 0.15) is 13.8 Å². The predicted molar refractivity (Wildman–Crippen MR) is 36.9 cm³/mol. The molecule has 0 aromatic carbocycles. The van der Waals surface area contributed by atoms with Crippen LogP contribution in [0.25, 0.3) is 0 Å². The van der Waals surface area contributed by atoms with Gasteiger partial charge < -0.3 is 4.74 Å². The lowest BCUT2D eigenvalue weighted by Crippen LogP contribution is -2.42. The van der Waals surface area contributed by atoms with Crippen LogP contribution in [-0.2, 0) is 14.3 Å². The SMILES string of the molecule is COC(=O)C(C)(C)C(=O)C(F)(F)F. The number of alkyl halides is 3. The smallest absolute Gasteiger partial charge is 0.451 e. The van der Waals surface area contributed by atoms with Crippen molar-refractivity contribution >= 4 is 11.8 Å². The number of carbonyl (C=O) groups excluding carboxylic acids is 2. The summed E-state index contributed by atoms with van der Waals surface area (Å²) in [5.74, 6) is -3.30. The van der Waals surface area contributed by atoms with Crippen LogP contribution in [0.3, 0.4) is 0 Å². The number of hydrogen-bond acceptors (Lipinski definition) is 3. The third kappa shape index (κ3) is 2.43. The highest BCUT2D eigenvalue weighted by molar-refractivity contribution is 6.05. The second-order valence-electron chi connectivity index (χ2n) is 2.94. The minimum Gasteiger partial charge on any atom is -0.468 e. The van der Waals surface area contributed by atoms with E-state index in [2.05, 4.69) is 4.74 Å². The summed E-state index contributed by atoms with van der Waals surface area (Å²) in [5.41, 5.74) is -2.17. The zero-order valence-electron chi connectivity index (χ0n) is 7.36. The number of Topliss-reactive ketones (excluding diaryl/α,β-unsaturated/α-hetero) is 1. The molecule has 0 rings (SSSR count). The monoisotopic (exact) mass is 198 g/mol. The Morgan fingerprint density at radius 2 is 1.54 bits per heavy atom. The lowest BCUT2D eigenvalue weighted by atomic mass is 9.88. The van der Waals surface area contributed by atoms with Crippen LogP contribution in [0, 0.1) is 5.41 Å². The Bertz CT molecular complexity index is 230. The Hall–Kier alpha value is -1.07. The van der Waals surface area contributed by atoms with Crippen molar-refractivity contribution in [2.45, 2.75) is 20.0 Å². The van der Waals surface area contributed by atoms with E-state index < -0.39 is 23.3 Å². The molecule has 3 nitrogen and oxygen atoms in total. The maximum Gasteiger partial charge on any atom is 0.451 e. The van der Waals surface area contributed by atoms with Crippen molar-refractivity contribution in [1.82, 2.24) is 0 Å². The normalized spacial score (nSPS) is 12.5. The number of ketones is 1. The number of methoxy groups -OCH3 is 1. The largest absolute Gasteiger partial charge is 0.468 e. The van der Waals surface area contributed by atoms with Crippen molar-refractivity contribution < 1.29 is 27.5 Å². The van der Waals surface area contributed by atoms with Gasteiger partial charge in [-0.05, 0) is 13.8 Å². The predicted octanol–water partition coefficient (Wildman–Crippen LogP) is 1.32. The Labute approximate surface area is 72.9 Å². The van der Waals surface area contributed by atoms with E-state index >= 15 is 0 Å². The zero-order chi connectivity index (χ0) is 10.9. The Kier molecular flexibility index (Phi) is 3.08. The molecular weight excluding hydrogens is 189 g/mol. The van der Waals surface area contributed by atoms with Crippen molar-refractivity contribution in [2.24, 2.45) is 5.41 Å². The van der Waals surface area contributed by atoms with E-state index in [1.807, 2.05) is 0 Å². The maximum atomic E-state index is 11.9. The van der Waals surface area contributed by atoms with E-state index in [9.17, 15) is 22.8 Å². The van der Waals surface area contributed by atoms with Gasteiger partial charge in [-0.1, -0.05) is 0 Å². The topological polar surface area (TPSA) is 43.4 Å². The van der Waals surface area contributed by atoms with Crippen molar-refractivity contribution in [2.75, 3.05) is 7.11 Å². The summed E-state index contributed by atoms with van der Waals surface area (Å²) in [6.45, 7) is 1.74. The summed E-state index contributed by atoms with van der Waals surface area (Å²) in [7, 11) is 0.924. The van der Waals surface area contributed by atoms with Gasteiger partial charge in [-0.15, -0.1) is 0 Å². The molecule has 0 bridgehead atoms. The molecule has 0 amide bonds. The zero-order valence-corrected chi connectivity index (χ0v) is 7.36. The molecule has 0 saturated carbocycles. The summed E-state index contributed by atoms with van der Waals surface area (Å²) < 4.78 is 39.7. The van der Waals surface area contributed by atoms with Gasteiger partial charge in [-0.2, -0.15) is 13.2 Å². The molecule has 0 spiro atoms. The molecule has 0 radical (unpaired) electrons. The third-order valence-corrected chi connectivity index (χ3v) is 1.52. The van der Waals surface area contributed by atoms with Gasteiger partial charge in [0.25, 0.3) is 5.78 Å². The molecule has 0 aliphatic heterocycles. The molecule has 0 atom stereocenters. The van der Waals surface area contributed by atoms with Gasteiger partial charge in [-0.3, -0.25) is 9.59 Å². The van der Waals surface area contributed by atoms with Crippen LogP contribution in [0.15, 0.2) is 0 Å². The molecule has 0 aromatic heterocycles. The Morgan fingerprint density at radius 1 is 1.15 bits per heavy atom. The van der Waals surface area contributed by atoms with Crippen LogP contribution in [0.4, 0.5) is 13.2 Å². The van der Waals surface area contributed by atoms with Crippen LogP contribution < -0.4 is 0 Å². The van der Waals surface area contributed by atoms with Crippen molar-refractivity contribution in [3.63, 3.8) is 0 Å². The molecule has 76 valence electrons. The number of hydrogen-bond donors (Lipinski definition) is 0. The second-order valence-corrected chi connectivity index (χ2v) is 2.94. The molecule has 0 aliphatic rings. The van der Waals surface area contributed by atoms with Crippen LogP contribution in [0.2, 0.25) is 0 Å². The van der Waals surface area contributed by atoms with Crippen molar-refractivity contribution in [3.8, 4) is 0 Å². The lowest BCUT2D eigenvalue weighted by Gasteiger charge is -2.20. The summed E-state index contributed by atoms with van der Waals surface area (Å²) in [4.78, 5) is 21.4. The van der Waals surface area contributed by atoms with E-state index in [-0.39, 0.29) is 0 Å². The fraction of sp³-hybridized carbons (Fsp3) is 0.714. The average molecular weight is 198 g/mol. The summed E-state index contributed by atoms with van der Waals surface area (Å²) in [6, 6.07) is 0. The van der Waals surface area contributed by atoms with Gasteiger partial charge in [0, 0.05) is 0 Å². The molecule has 0 unspecified atom stereocenters. The minimum absolute atomic E-state index is 0.870. The third-order valence-electron chi connectivity index (χ3n) is 1.52. The van der Waals surface area contributed by atoms with E-state index in [1.54, 1.807) is 0 Å². The van der Waals surface area contributed by atoms with Gasteiger partial charge >= 0.3 is 12.1 Å². The maximum absolute atomic E-state index is 11.9. The number of ether oxygens (including phenoxy) is 1. The van der Waals surface area contributed by atoms with Gasteiger partial charge in [0.15, 0.2) is 0 Å². The van der Waals surface area contributed by atoms with Gasteiger partial charge in [-0.25, -0.2) is 0 Å². The molecule has 0 N–H and O–H groups in total. The van der Waals surface area contributed by atoms with E-state index in [0.29, 0.717) is 0 Å². The van der Waals surface area contributed by atoms with E-state index in [0.717, 1.165) is 21.0 Å². The molecule has 0 heterocycles. The first-order valence-corrected chi connectivity index (χ1v) is 3.34. The van der Waals surface area contributed by atoms with Crippen LogP contribution >= 0.6 is 0 Å². The number of esters is 1. The van der Waals surface area contributed by atoms with Gasteiger partial charge in [0.1, 0.15) is 5.41 Å². The highest BCUT2D eigenvalue weighted by atomic mass is 19.4. The minimum atomic E-state index is -5.02. The molecule has 13 heavy (non-hydrogen) atoms. The average Bonchev–Trinajstić information content (AvgIpc) is 1.99. The molecule has 0 aliphatic carbocycles. The van der Waals surface area contributed by atoms with Crippen molar-refractivity contribution in [1.29, 1.82) is 0 Å². The first-order chi connectivity index (χ1) is 5.64. The lowest BCUT2D eigenvalue weighted by molar-refractivity contribution is -0.186. The summed E-state index contributed by atoms with van der Waals surface area (Å²) in [5, 5.41) is 0. The first kappa shape index (κ1) is 11.9. The van der Waals surface area contributed by atoms with E-state index in [4.69, 9.17) is 0 Å². The van der Waals surface area contributed by atoms with Gasteiger partial charge in [0.2, 0.25) is 0 Å². The van der Waals surface area contributed by atoms with Crippen LogP contribution in [-0.4, -0.2) is 25.0 Å². The quantitative estimate of drug-likeness (QED) is 0.496. The molecule has 6 heteroatoms. The fourth-order valence-corrected chi connectivity index (χ4v) is 0.702. The first-order valence-electron chi connectivity index (χ1n) is 3.34. The highest BCUT2D eigenvalue weighted by Crippen LogP contribution is 2.29.